The number of halogens is 4. The first-order valence-electron chi connectivity index (χ1n) is 11.4. The summed E-state index contributed by atoms with van der Waals surface area (Å²) in [5.41, 5.74) is 0.391. The van der Waals surface area contributed by atoms with Gasteiger partial charge >= 0.3 is 6.18 Å². The van der Waals surface area contributed by atoms with Crippen molar-refractivity contribution in [2.24, 2.45) is 0 Å². The van der Waals surface area contributed by atoms with Crippen LogP contribution in [0, 0.1) is 5.82 Å². The molecule has 0 unspecified atom stereocenters. The highest BCUT2D eigenvalue weighted by Crippen LogP contribution is 2.30. The molecule has 0 bridgehead atoms. The number of alkyl halides is 3. The first-order valence-corrected chi connectivity index (χ1v) is 11.4. The van der Waals surface area contributed by atoms with Gasteiger partial charge in [-0.15, -0.1) is 0 Å². The Balaban J connectivity index is 1.43. The average Bonchev–Trinajstić information content (AvgIpc) is 3.32. The summed E-state index contributed by atoms with van der Waals surface area (Å²) in [6.07, 6.45) is -0.641. The highest BCUT2D eigenvalue weighted by molar-refractivity contribution is 5.94. The second-order valence-electron chi connectivity index (χ2n) is 8.83. The third kappa shape index (κ3) is 6.12. The molecule has 4 nitrogen and oxygen atoms in total. The molecule has 2 aromatic rings. The Morgan fingerprint density at radius 1 is 1.09 bits per heavy atom. The van der Waals surface area contributed by atoms with Crippen LogP contribution in [0.25, 0.3) is 0 Å². The van der Waals surface area contributed by atoms with Gasteiger partial charge in [0.1, 0.15) is 5.82 Å². The summed E-state index contributed by atoms with van der Waals surface area (Å²) >= 11 is 0. The molecule has 1 atom stereocenters. The molecule has 1 amide bonds. The van der Waals surface area contributed by atoms with Crippen LogP contribution >= 0.6 is 0 Å². The molecule has 2 fully saturated rings. The number of hydrogen-bond acceptors (Lipinski definition) is 3. The maximum atomic E-state index is 13.3. The first-order chi connectivity index (χ1) is 15.8. The first kappa shape index (κ1) is 23.7. The summed E-state index contributed by atoms with van der Waals surface area (Å²) in [5, 5.41) is 0. The molecule has 1 heterocycles. The molecular weight excluding hydrogens is 436 g/mol. The minimum Gasteiger partial charge on any atom is -0.374 e. The van der Waals surface area contributed by atoms with Gasteiger partial charge in [-0.25, -0.2) is 4.39 Å². The summed E-state index contributed by atoms with van der Waals surface area (Å²) in [5.74, 6) is -0.527. The normalized spacial score (nSPS) is 20.2. The predicted octanol–water partition coefficient (Wildman–Crippen LogP) is 5.13. The lowest BCUT2D eigenvalue weighted by Crippen LogP contribution is -2.50. The maximum absolute atomic E-state index is 13.3. The standard InChI is InChI=1S/C25H28F4N2O2/c26-21-10-8-19(9-11-21)24(32)31(22-6-1-2-7-22)17-23-16-30(12-13-33-23)15-18-4-3-5-20(14-18)25(27,28)29/h3-5,8-11,14,22-23H,1-2,6-7,12-13,15-17H2/t23-/m0/s1. The van der Waals surface area contributed by atoms with Gasteiger partial charge in [-0.05, 0) is 48.7 Å². The van der Waals surface area contributed by atoms with Crippen LogP contribution in [0.3, 0.4) is 0 Å². The molecule has 33 heavy (non-hydrogen) atoms. The van der Waals surface area contributed by atoms with Crippen molar-refractivity contribution in [3.8, 4) is 0 Å². The van der Waals surface area contributed by atoms with Gasteiger partial charge in [0.15, 0.2) is 0 Å². The fourth-order valence-electron chi connectivity index (χ4n) is 4.73. The minimum absolute atomic E-state index is 0.116. The van der Waals surface area contributed by atoms with E-state index < -0.39 is 11.7 Å². The van der Waals surface area contributed by atoms with Gasteiger partial charge in [0.05, 0.1) is 18.3 Å². The highest BCUT2D eigenvalue weighted by atomic mass is 19.4. The molecule has 0 aromatic heterocycles. The van der Waals surface area contributed by atoms with Crippen LogP contribution in [0.1, 0.15) is 47.2 Å². The molecular formula is C25H28F4N2O2. The summed E-state index contributed by atoms with van der Waals surface area (Å²) in [6.45, 7) is 2.38. The number of benzene rings is 2. The second kappa shape index (κ2) is 10.2. The van der Waals surface area contributed by atoms with E-state index in [9.17, 15) is 22.4 Å². The van der Waals surface area contributed by atoms with E-state index in [0.29, 0.717) is 43.9 Å². The van der Waals surface area contributed by atoms with Crippen LogP contribution in [-0.4, -0.2) is 54.1 Å². The molecule has 178 valence electrons. The number of amides is 1. The molecule has 1 aliphatic heterocycles. The molecule has 1 saturated heterocycles. The molecule has 8 heteroatoms. The lowest BCUT2D eigenvalue weighted by Gasteiger charge is -2.38. The number of carbonyl (C=O) groups excluding carboxylic acids is 1. The SMILES string of the molecule is O=C(c1ccc(F)cc1)N(C[C@@H]1CN(Cc2cccc(C(F)(F)F)c2)CCO1)C1CCCC1. The van der Waals surface area contributed by atoms with Crippen LogP contribution in [-0.2, 0) is 17.5 Å². The molecule has 0 radical (unpaired) electrons. The van der Waals surface area contributed by atoms with Crippen molar-refractivity contribution in [1.29, 1.82) is 0 Å². The van der Waals surface area contributed by atoms with E-state index in [0.717, 1.165) is 31.7 Å². The van der Waals surface area contributed by atoms with E-state index in [4.69, 9.17) is 4.74 Å². The monoisotopic (exact) mass is 464 g/mol. The maximum Gasteiger partial charge on any atom is 0.416 e. The van der Waals surface area contributed by atoms with Crippen LogP contribution in [0.4, 0.5) is 17.6 Å². The fourth-order valence-corrected chi connectivity index (χ4v) is 4.73. The van der Waals surface area contributed by atoms with Crippen molar-refractivity contribution in [2.75, 3.05) is 26.2 Å². The Hall–Kier alpha value is -2.45. The largest absolute Gasteiger partial charge is 0.416 e. The van der Waals surface area contributed by atoms with E-state index in [2.05, 4.69) is 4.90 Å². The zero-order chi connectivity index (χ0) is 23.4. The van der Waals surface area contributed by atoms with Gasteiger partial charge in [0.25, 0.3) is 5.91 Å². The van der Waals surface area contributed by atoms with Gasteiger partial charge in [0.2, 0.25) is 0 Å². The summed E-state index contributed by atoms with van der Waals surface area (Å²) in [7, 11) is 0. The Bertz CT molecular complexity index is 942. The van der Waals surface area contributed by atoms with Crippen molar-refractivity contribution in [1.82, 2.24) is 9.80 Å². The zero-order valence-corrected chi connectivity index (χ0v) is 18.4. The summed E-state index contributed by atoms with van der Waals surface area (Å²) in [4.78, 5) is 17.2. The number of morpholine rings is 1. The molecule has 4 rings (SSSR count). The molecule has 0 spiro atoms. The zero-order valence-electron chi connectivity index (χ0n) is 18.4. The molecule has 0 N–H and O–H groups in total. The van der Waals surface area contributed by atoms with Crippen molar-refractivity contribution < 1.29 is 27.1 Å². The quantitative estimate of drug-likeness (QED) is 0.556. The molecule has 1 saturated carbocycles. The third-order valence-electron chi connectivity index (χ3n) is 6.40. The number of carbonyl (C=O) groups is 1. The lowest BCUT2D eigenvalue weighted by molar-refractivity contribution is -0.137. The molecule has 2 aromatic carbocycles. The van der Waals surface area contributed by atoms with E-state index >= 15 is 0 Å². The van der Waals surface area contributed by atoms with Gasteiger partial charge < -0.3 is 9.64 Å². The van der Waals surface area contributed by atoms with Crippen molar-refractivity contribution >= 4 is 5.91 Å². The number of ether oxygens (including phenoxy) is 1. The van der Waals surface area contributed by atoms with Crippen LogP contribution in [0.5, 0.6) is 0 Å². The summed E-state index contributed by atoms with van der Waals surface area (Å²) < 4.78 is 58.4. The Labute approximate surface area is 191 Å². The lowest BCUT2D eigenvalue weighted by atomic mass is 10.1. The Morgan fingerprint density at radius 2 is 1.82 bits per heavy atom. The molecule has 2 aliphatic rings. The Kier molecular flexibility index (Phi) is 7.34. The van der Waals surface area contributed by atoms with E-state index in [-0.39, 0.29) is 23.9 Å². The highest BCUT2D eigenvalue weighted by Gasteiger charge is 2.33. The van der Waals surface area contributed by atoms with Crippen LogP contribution in [0.2, 0.25) is 0 Å². The predicted molar refractivity (Wildman–Crippen MR) is 116 cm³/mol. The average molecular weight is 465 g/mol. The van der Waals surface area contributed by atoms with Gasteiger partial charge in [-0.1, -0.05) is 31.0 Å². The topological polar surface area (TPSA) is 32.8 Å². The minimum atomic E-state index is -4.37. The number of hydrogen-bond donors (Lipinski definition) is 0. The van der Waals surface area contributed by atoms with Gasteiger partial charge in [0, 0.05) is 37.8 Å². The van der Waals surface area contributed by atoms with Gasteiger partial charge in [-0.3, -0.25) is 9.69 Å². The van der Waals surface area contributed by atoms with Gasteiger partial charge in [-0.2, -0.15) is 13.2 Å². The van der Waals surface area contributed by atoms with Crippen LogP contribution in [0.15, 0.2) is 48.5 Å². The van der Waals surface area contributed by atoms with E-state index in [1.54, 1.807) is 6.07 Å². The van der Waals surface area contributed by atoms with Crippen molar-refractivity contribution in [3.05, 3.63) is 71.0 Å². The summed E-state index contributed by atoms with van der Waals surface area (Å²) in [6, 6.07) is 11.1. The van der Waals surface area contributed by atoms with Crippen LogP contribution < -0.4 is 0 Å². The smallest absolute Gasteiger partial charge is 0.374 e. The van der Waals surface area contributed by atoms with E-state index in [1.165, 1.54) is 36.4 Å². The van der Waals surface area contributed by atoms with Crippen molar-refractivity contribution in [2.45, 2.75) is 50.6 Å². The second-order valence-corrected chi connectivity index (χ2v) is 8.83. The fraction of sp³-hybridized carbons (Fsp3) is 0.480. The van der Waals surface area contributed by atoms with Crippen molar-refractivity contribution in [3.63, 3.8) is 0 Å². The molecule has 1 aliphatic carbocycles. The third-order valence-corrected chi connectivity index (χ3v) is 6.40. The Morgan fingerprint density at radius 3 is 2.52 bits per heavy atom. The number of rotatable bonds is 6. The number of nitrogens with zero attached hydrogens (tertiary/aromatic N) is 2. The van der Waals surface area contributed by atoms with E-state index in [1.807, 2.05) is 4.90 Å².